The Bertz CT molecular complexity index is 263. The minimum Gasteiger partial charge on any atom is -0.396 e. The van der Waals surface area contributed by atoms with Gasteiger partial charge in [-0.2, -0.15) is 0 Å². The van der Waals surface area contributed by atoms with Gasteiger partial charge in [-0.15, -0.1) is 0 Å². The van der Waals surface area contributed by atoms with E-state index in [9.17, 15) is 4.39 Å². The summed E-state index contributed by atoms with van der Waals surface area (Å²) in [5.41, 5.74) is 6.49. The second-order valence-electron chi connectivity index (χ2n) is 2.68. The normalized spacial score (nSPS) is 10.2. The molecule has 1 aromatic carbocycles. The summed E-state index contributed by atoms with van der Waals surface area (Å²) in [6.07, 6.45) is 1.42. The molecule has 0 fully saturated rings. The maximum absolute atomic E-state index is 12.6. The number of rotatable bonds is 3. The number of aryl methyl sites for hydroxylation is 1. The van der Waals surface area contributed by atoms with Crippen molar-refractivity contribution in [3.63, 3.8) is 0 Å². The number of anilines is 1. The second-order valence-corrected chi connectivity index (χ2v) is 2.68. The molecule has 1 rings (SSSR count). The van der Waals surface area contributed by atoms with Crippen LogP contribution in [0.5, 0.6) is 0 Å². The number of aliphatic hydroxyl groups excluding tert-OH is 1. The lowest BCUT2D eigenvalue weighted by molar-refractivity contribution is 0.288. The lowest BCUT2D eigenvalue weighted by atomic mass is 10.1. The number of benzene rings is 1. The van der Waals surface area contributed by atoms with Gasteiger partial charge in [0.05, 0.1) is 5.69 Å². The van der Waals surface area contributed by atoms with Crippen LogP contribution in [0.1, 0.15) is 12.0 Å². The van der Waals surface area contributed by atoms with Crippen molar-refractivity contribution in [3.05, 3.63) is 29.6 Å². The molecule has 0 amide bonds. The summed E-state index contributed by atoms with van der Waals surface area (Å²) in [5.74, 6) is -0.386. The van der Waals surface area contributed by atoms with E-state index in [-0.39, 0.29) is 18.1 Å². The molecule has 0 saturated carbocycles. The summed E-state index contributed by atoms with van der Waals surface area (Å²) in [6.45, 7) is 0.150. The van der Waals surface area contributed by atoms with E-state index in [1.54, 1.807) is 12.1 Å². The zero-order valence-corrected chi connectivity index (χ0v) is 6.76. The van der Waals surface area contributed by atoms with Crippen LogP contribution in [0.3, 0.4) is 0 Å². The van der Waals surface area contributed by atoms with Crippen LogP contribution in [0, 0.1) is 5.82 Å². The van der Waals surface area contributed by atoms with Crippen molar-refractivity contribution < 1.29 is 9.50 Å². The Kier molecular flexibility index (Phi) is 3.05. The first-order valence-corrected chi connectivity index (χ1v) is 3.89. The highest BCUT2D eigenvalue weighted by Gasteiger charge is 1.98. The molecule has 1 aromatic rings. The molecule has 0 aromatic heterocycles. The van der Waals surface area contributed by atoms with E-state index in [0.29, 0.717) is 6.42 Å². The third-order valence-corrected chi connectivity index (χ3v) is 1.68. The van der Waals surface area contributed by atoms with Crippen molar-refractivity contribution >= 4 is 5.69 Å². The Hall–Kier alpha value is -1.09. The summed E-state index contributed by atoms with van der Waals surface area (Å²) >= 11 is 0. The lowest BCUT2D eigenvalue weighted by Gasteiger charge is -2.01. The summed E-state index contributed by atoms with van der Waals surface area (Å²) in [6, 6.07) is 4.63. The van der Waals surface area contributed by atoms with Gasteiger partial charge in [-0.1, -0.05) is 6.07 Å². The Labute approximate surface area is 70.8 Å². The Morgan fingerprint density at radius 1 is 1.42 bits per heavy atom. The van der Waals surface area contributed by atoms with E-state index in [0.717, 1.165) is 12.0 Å². The predicted molar refractivity (Wildman–Crippen MR) is 46.2 cm³/mol. The van der Waals surface area contributed by atoms with E-state index in [1.807, 2.05) is 0 Å². The zero-order chi connectivity index (χ0) is 8.97. The molecular weight excluding hydrogens is 157 g/mol. The lowest BCUT2D eigenvalue weighted by Crippen LogP contribution is -1.94. The van der Waals surface area contributed by atoms with Gasteiger partial charge in [0.2, 0.25) is 0 Å². The van der Waals surface area contributed by atoms with Crippen molar-refractivity contribution in [1.29, 1.82) is 0 Å². The average Bonchev–Trinajstić information content (AvgIpc) is 2.07. The van der Waals surface area contributed by atoms with Crippen molar-refractivity contribution in [2.45, 2.75) is 12.8 Å². The van der Waals surface area contributed by atoms with E-state index < -0.39 is 0 Å². The van der Waals surface area contributed by atoms with Crippen LogP contribution >= 0.6 is 0 Å². The molecule has 0 bridgehead atoms. The molecule has 0 atom stereocenters. The summed E-state index contributed by atoms with van der Waals surface area (Å²) in [7, 11) is 0. The Balaban J connectivity index is 2.69. The molecule has 2 nitrogen and oxygen atoms in total. The van der Waals surface area contributed by atoms with E-state index >= 15 is 0 Å². The monoisotopic (exact) mass is 169 g/mol. The largest absolute Gasteiger partial charge is 0.396 e. The fourth-order valence-electron chi connectivity index (χ4n) is 1.03. The minimum absolute atomic E-state index is 0.150. The Morgan fingerprint density at radius 3 is 2.75 bits per heavy atom. The quantitative estimate of drug-likeness (QED) is 0.670. The van der Waals surface area contributed by atoms with Crippen LogP contribution in [-0.2, 0) is 6.42 Å². The first-order chi connectivity index (χ1) is 5.74. The molecular formula is C9H12FNO. The van der Waals surface area contributed by atoms with Gasteiger partial charge >= 0.3 is 0 Å². The van der Waals surface area contributed by atoms with E-state index in [2.05, 4.69) is 0 Å². The fraction of sp³-hybridized carbons (Fsp3) is 0.333. The van der Waals surface area contributed by atoms with Crippen LogP contribution in [0.2, 0.25) is 0 Å². The SMILES string of the molecule is Nc1cc(CCCO)ccc1F. The molecule has 0 saturated heterocycles. The standard InChI is InChI=1S/C9H12FNO/c10-8-4-3-7(2-1-5-12)6-9(8)11/h3-4,6,12H,1-2,5,11H2. The van der Waals surface area contributed by atoms with Gasteiger partial charge in [-0.3, -0.25) is 0 Å². The van der Waals surface area contributed by atoms with Crippen molar-refractivity contribution in [2.75, 3.05) is 12.3 Å². The van der Waals surface area contributed by atoms with Gasteiger partial charge in [-0.25, -0.2) is 4.39 Å². The molecule has 0 aliphatic carbocycles. The zero-order valence-electron chi connectivity index (χ0n) is 6.76. The number of aliphatic hydroxyl groups is 1. The predicted octanol–water partition coefficient (Wildman–Crippen LogP) is 1.33. The summed E-state index contributed by atoms with van der Waals surface area (Å²) < 4.78 is 12.6. The van der Waals surface area contributed by atoms with Gasteiger partial charge in [0.15, 0.2) is 0 Å². The number of hydrogen-bond acceptors (Lipinski definition) is 2. The molecule has 12 heavy (non-hydrogen) atoms. The highest BCUT2D eigenvalue weighted by molar-refractivity contribution is 5.42. The highest BCUT2D eigenvalue weighted by atomic mass is 19.1. The van der Waals surface area contributed by atoms with Gasteiger partial charge in [0.25, 0.3) is 0 Å². The summed E-state index contributed by atoms with van der Waals surface area (Å²) in [4.78, 5) is 0. The van der Waals surface area contributed by atoms with Crippen LogP contribution in [-0.4, -0.2) is 11.7 Å². The van der Waals surface area contributed by atoms with Crippen LogP contribution in [0.15, 0.2) is 18.2 Å². The number of nitrogens with two attached hydrogens (primary N) is 1. The number of nitrogen functional groups attached to an aromatic ring is 1. The smallest absolute Gasteiger partial charge is 0.146 e. The maximum Gasteiger partial charge on any atom is 0.146 e. The summed E-state index contributed by atoms with van der Waals surface area (Å²) in [5, 5.41) is 8.55. The average molecular weight is 169 g/mol. The molecule has 0 unspecified atom stereocenters. The fourth-order valence-corrected chi connectivity index (χ4v) is 1.03. The molecule has 0 aliphatic rings. The van der Waals surface area contributed by atoms with E-state index in [1.165, 1.54) is 6.07 Å². The van der Waals surface area contributed by atoms with Gasteiger partial charge in [-0.05, 0) is 30.5 Å². The number of hydrogen-bond donors (Lipinski definition) is 2. The molecule has 0 radical (unpaired) electrons. The highest BCUT2D eigenvalue weighted by Crippen LogP contribution is 2.13. The van der Waals surface area contributed by atoms with Gasteiger partial charge in [0, 0.05) is 6.61 Å². The van der Waals surface area contributed by atoms with Crippen LogP contribution in [0.4, 0.5) is 10.1 Å². The third-order valence-electron chi connectivity index (χ3n) is 1.68. The molecule has 3 heteroatoms. The molecule has 0 aliphatic heterocycles. The number of halogens is 1. The first-order valence-electron chi connectivity index (χ1n) is 3.89. The molecule has 3 N–H and O–H groups in total. The van der Waals surface area contributed by atoms with Crippen molar-refractivity contribution in [1.82, 2.24) is 0 Å². The topological polar surface area (TPSA) is 46.2 Å². The van der Waals surface area contributed by atoms with Crippen molar-refractivity contribution in [3.8, 4) is 0 Å². The molecule has 0 heterocycles. The van der Waals surface area contributed by atoms with Gasteiger partial charge in [0.1, 0.15) is 5.82 Å². The van der Waals surface area contributed by atoms with Crippen molar-refractivity contribution in [2.24, 2.45) is 0 Å². The Morgan fingerprint density at radius 2 is 2.17 bits per heavy atom. The first kappa shape index (κ1) is 9.00. The second kappa shape index (κ2) is 4.07. The minimum atomic E-state index is -0.386. The third kappa shape index (κ3) is 2.20. The van der Waals surface area contributed by atoms with E-state index in [4.69, 9.17) is 10.8 Å². The molecule has 0 spiro atoms. The maximum atomic E-state index is 12.6. The van der Waals surface area contributed by atoms with Crippen LogP contribution in [0.25, 0.3) is 0 Å². The van der Waals surface area contributed by atoms with Gasteiger partial charge < -0.3 is 10.8 Å². The van der Waals surface area contributed by atoms with Crippen LogP contribution < -0.4 is 5.73 Å². The molecule has 66 valence electrons.